The van der Waals surface area contributed by atoms with Crippen LogP contribution in [-0.2, 0) is 6.54 Å². The normalized spacial score (nSPS) is 15.4. The predicted octanol–water partition coefficient (Wildman–Crippen LogP) is 4.18. The molecule has 1 aromatic heterocycles. The Bertz CT molecular complexity index is 922. The first-order chi connectivity index (χ1) is 14.2. The van der Waals surface area contributed by atoms with Gasteiger partial charge < -0.3 is 14.6 Å². The predicted molar refractivity (Wildman–Crippen MR) is 112 cm³/mol. The van der Waals surface area contributed by atoms with Gasteiger partial charge in [0.05, 0.1) is 20.4 Å². The number of aromatic amines is 1. The van der Waals surface area contributed by atoms with Crippen molar-refractivity contribution in [1.82, 2.24) is 15.1 Å². The number of H-pyrrole nitrogens is 1. The number of hydrogen-bond acceptors (Lipinski definition) is 5. The van der Waals surface area contributed by atoms with Crippen molar-refractivity contribution in [2.24, 2.45) is 0 Å². The number of methoxy groups -OCH3 is 2. The Balaban J connectivity index is 1.43. The van der Waals surface area contributed by atoms with Crippen molar-refractivity contribution < 1.29 is 14.6 Å². The third kappa shape index (κ3) is 4.07. The molecule has 1 fully saturated rings. The van der Waals surface area contributed by atoms with Gasteiger partial charge in [-0.05, 0) is 49.2 Å². The molecule has 0 amide bonds. The molecule has 4 rings (SSSR count). The summed E-state index contributed by atoms with van der Waals surface area (Å²) in [6, 6.07) is 14.2. The van der Waals surface area contributed by atoms with Crippen molar-refractivity contribution >= 4 is 0 Å². The van der Waals surface area contributed by atoms with Crippen molar-refractivity contribution in [3.05, 3.63) is 59.9 Å². The molecular formula is C23H27N3O3. The second-order valence-electron chi connectivity index (χ2n) is 7.46. The molecule has 0 radical (unpaired) electrons. The molecular weight excluding hydrogens is 366 g/mol. The molecule has 6 heteroatoms. The van der Waals surface area contributed by atoms with E-state index in [2.05, 4.69) is 39.4 Å². The molecule has 1 aliphatic rings. The van der Waals surface area contributed by atoms with E-state index < -0.39 is 0 Å². The minimum Gasteiger partial charge on any atom is -0.502 e. The van der Waals surface area contributed by atoms with E-state index in [0.717, 1.165) is 38.0 Å². The second-order valence-corrected chi connectivity index (χ2v) is 7.46. The van der Waals surface area contributed by atoms with E-state index in [-0.39, 0.29) is 5.75 Å². The zero-order valence-corrected chi connectivity index (χ0v) is 16.9. The first-order valence-corrected chi connectivity index (χ1v) is 9.94. The number of rotatable bonds is 6. The van der Waals surface area contributed by atoms with Crippen LogP contribution in [0.3, 0.4) is 0 Å². The van der Waals surface area contributed by atoms with Crippen LogP contribution in [0.15, 0.2) is 48.7 Å². The standard InChI is InChI=1S/C23H27N3O3/c1-28-20-12-16(13-21(29-2)23(20)27)15-26-10-8-18(9-11-26)22-19(14-24-25-22)17-6-4-3-5-7-17/h3-7,12-14,18,27H,8-11,15H2,1-2H3,(H,24,25). The summed E-state index contributed by atoms with van der Waals surface area (Å²) in [6.07, 6.45) is 4.09. The van der Waals surface area contributed by atoms with Gasteiger partial charge in [0, 0.05) is 23.7 Å². The summed E-state index contributed by atoms with van der Waals surface area (Å²) in [6.45, 7) is 2.81. The summed E-state index contributed by atoms with van der Waals surface area (Å²) in [4.78, 5) is 2.43. The third-order valence-corrected chi connectivity index (χ3v) is 5.70. The molecule has 152 valence electrons. The summed E-state index contributed by atoms with van der Waals surface area (Å²) >= 11 is 0. The topological polar surface area (TPSA) is 70.6 Å². The molecule has 6 nitrogen and oxygen atoms in total. The van der Waals surface area contributed by atoms with Crippen molar-refractivity contribution in [2.45, 2.75) is 25.3 Å². The first-order valence-electron chi connectivity index (χ1n) is 9.94. The summed E-state index contributed by atoms with van der Waals surface area (Å²) in [5.74, 6) is 1.41. The van der Waals surface area contributed by atoms with Crippen LogP contribution in [0, 0.1) is 0 Å². The Morgan fingerprint density at radius 3 is 2.34 bits per heavy atom. The Morgan fingerprint density at radius 2 is 1.72 bits per heavy atom. The lowest BCUT2D eigenvalue weighted by atomic mass is 9.89. The van der Waals surface area contributed by atoms with Gasteiger partial charge in [0.2, 0.25) is 5.75 Å². The average molecular weight is 393 g/mol. The number of piperidine rings is 1. The molecule has 1 aliphatic heterocycles. The van der Waals surface area contributed by atoms with Crippen LogP contribution >= 0.6 is 0 Å². The van der Waals surface area contributed by atoms with E-state index in [4.69, 9.17) is 9.47 Å². The number of ether oxygens (including phenoxy) is 2. The number of aromatic hydroxyl groups is 1. The van der Waals surface area contributed by atoms with E-state index in [1.54, 1.807) is 14.2 Å². The van der Waals surface area contributed by atoms with Gasteiger partial charge in [-0.15, -0.1) is 0 Å². The number of likely N-dealkylation sites (tertiary alicyclic amines) is 1. The molecule has 2 N–H and O–H groups in total. The number of phenolic OH excluding ortho intramolecular Hbond substituents is 1. The third-order valence-electron chi connectivity index (χ3n) is 5.70. The van der Waals surface area contributed by atoms with Crippen LogP contribution in [0.1, 0.15) is 30.0 Å². The molecule has 0 spiro atoms. The monoisotopic (exact) mass is 393 g/mol. The smallest absolute Gasteiger partial charge is 0.200 e. The van der Waals surface area contributed by atoms with E-state index in [1.807, 2.05) is 24.4 Å². The lowest BCUT2D eigenvalue weighted by Gasteiger charge is -2.32. The molecule has 1 saturated heterocycles. The number of nitrogens with one attached hydrogen (secondary N) is 1. The number of aromatic nitrogens is 2. The highest BCUT2D eigenvalue weighted by Crippen LogP contribution is 2.38. The summed E-state index contributed by atoms with van der Waals surface area (Å²) in [7, 11) is 3.11. The fraction of sp³-hybridized carbons (Fsp3) is 0.348. The molecule has 0 bridgehead atoms. The van der Waals surface area contributed by atoms with Gasteiger partial charge >= 0.3 is 0 Å². The lowest BCUT2D eigenvalue weighted by Crippen LogP contribution is -2.32. The number of phenols is 1. The summed E-state index contributed by atoms with van der Waals surface area (Å²) in [5, 5.41) is 17.7. The maximum absolute atomic E-state index is 10.1. The van der Waals surface area contributed by atoms with E-state index in [1.165, 1.54) is 16.8 Å². The maximum Gasteiger partial charge on any atom is 0.200 e. The Hall–Kier alpha value is -2.99. The van der Waals surface area contributed by atoms with E-state index >= 15 is 0 Å². The van der Waals surface area contributed by atoms with Gasteiger partial charge in [0.25, 0.3) is 0 Å². The Kier molecular flexibility index (Phi) is 5.71. The zero-order chi connectivity index (χ0) is 20.2. The fourth-order valence-corrected chi connectivity index (χ4v) is 4.13. The summed E-state index contributed by atoms with van der Waals surface area (Å²) < 4.78 is 10.6. The van der Waals surface area contributed by atoms with Crippen molar-refractivity contribution in [1.29, 1.82) is 0 Å². The van der Waals surface area contributed by atoms with Gasteiger partial charge in [-0.1, -0.05) is 30.3 Å². The first kappa shape index (κ1) is 19.3. The van der Waals surface area contributed by atoms with Crippen molar-refractivity contribution in [3.63, 3.8) is 0 Å². The van der Waals surface area contributed by atoms with Crippen LogP contribution in [-0.4, -0.2) is 47.5 Å². The van der Waals surface area contributed by atoms with Crippen LogP contribution in [0.5, 0.6) is 17.2 Å². The highest BCUT2D eigenvalue weighted by molar-refractivity contribution is 5.65. The number of hydrogen-bond donors (Lipinski definition) is 2. The van der Waals surface area contributed by atoms with Crippen LogP contribution < -0.4 is 9.47 Å². The lowest BCUT2D eigenvalue weighted by molar-refractivity contribution is 0.203. The highest BCUT2D eigenvalue weighted by atomic mass is 16.5. The minimum absolute atomic E-state index is 0.0464. The van der Waals surface area contributed by atoms with Gasteiger partial charge in [-0.3, -0.25) is 10.00 Å². The summed E-state index contributed by atoms with van der Waals surface area (Å²) in [5.41, 5.74) is 4.73. The molecule has 29 heavy (non-hydrogen) atoms. The van der Waals surface area contributed by atoms with Crippen LogP contribution in [0.25, 0.3) is 11.1 Å². The van der Waals surface area contributed by atoms with Crippen molar-refractivity contribution in [2.75, 3.05) is 27.3 Å². The van der Waals surface area contributed by atoms with E-state index in [0.29, 0.717) is 17.4 Å². The molecule has 0 unspecified atom stereocenters. The maximum atomic E-state index is 10.1. The molecule has 2 heterocycles. The molecule has 0 aliphatic carbocycles. The van der Waals surface area contributed by atoms with Crippen LogP contribution in [0.2, 0.25) is 0 Å². The highest BCUT2D eigenvalue weighted by Gasteiger charge is 2.25. The van der Waals surface area contributed by atoms with Gasteiger partial charge in [0.1, 0.15) is 0 Å². The van der Waals surface area contributed by atoms with Gasteiger partial charge in [0.15, 0.2) is 11.5 Å². The Morgan fingerprint density at radius 1 is 1.07 bits per heavy atom. The number of benzene rings is 2. The van der Waals surface area contributed by atoms with Crippen LogP contribution in [0.4, 0.5) is 0 Å². The Labute approximate surface area is 171 Å². The number of nitrogens with zero attached hydrogens (tertiary/aromatic N) is 2. The molecule has 0 saturated carbocycles. The van der Waals surface area contributed by atoms with Gasteiger partial charge in [-0.25, -0.2) is 0 Å². The largest absolute Gasteiger partial charge is 0.502 e. The molecule has 2 aromatic carbocycles. The van der Waals surface area contributed by atoms with Crippen molar-refractivity contribution in [3.8, 4) is 28.4 Å². The molecule has 0 atom stereocenters. The van der Waals surface area contributed by atoms with Gasteiger partial charge in [-0.2, -0.15) is 5.10 Å². The fourth-order valence-electron chi connectivity index (χ4n) is 4.13. The SMILES string of the molecule is COc1cc(CN2CCC(c3[nH]ncc3-c3ccccc3)CC2)cc(OC)c1O. The minimum atomic E-state index is 0.0464. The van der Waals surface area contributed by atoms with E-state index in [9.17, 15) is 5.11 Å². The zero-order valence-electron chi connectivity index (χ0n) is 16.9. The quantitative estimate of drug-likeness (QED) is 0.657. The average Bonchev–Trinajstić information content (AvgIpc) is 3.26. The second kappa shape index (κ2) is 8.57. The molecule has 3 aromatic rings.